The first kappa shape index (κ1) is 18.6. The molecule has 0 spiro atoms. The van der Waals surface area contributed by atoms with Crippen LogP contribution in [0.5, 0.6) is 0 Å². The van der Waals surface area contributed by atoms with Crippen LogP contribution in [0.4, 0.5) is 14.5 Å². The molecule has 0 aliphatic rings. The Hall–Kier alpha value is -1.47. The lowest BCUT2D eigenvalue weighted by atomic mass is 10.1. The van der Waals surface area contributed by atoms with Gasteiger partial charge in [-0.05, 0) is 45.9 Å². The van der Waals surface area contributed by atoms with Crippen LogP contribution < -0.4 is 5.32 Å². The maximum Gasteiger partial charge on any atom is 0.263 e. The quantitative estimate of drug-likeness (QED) is 0.673. The Morgan fingerprint density at radius 1 is 1.27 bits per heavy atom. The predicted octanol–water partition coefficient (Wildman–Crippen LogP) is 3.85. The average Bonchev–Trinajstić information content (AvgIpc) is 2.36. The summed E-state index contributed by atoms with van der Waals surface area (Å²) in [7, 11) is 0. The number of anilines is 1. The molecule has 1 aromatic rings. The topological polar surface area (TPSA) is 64.5 Å². The Kier molecular flexibility index (Phi) is 6.08. The SMILES string of the molecule is CC(=O)Nc1cc(/C(C)=N\[S+]([O-])C(C)(C)C)cc(C(F)F)c1. The second-order valence-corrected chi connectivity index (χ2v) is 7.77. The minimum atomic E-state index is -2.67. The van der Waals surface area contributed by atoms with E-state index in [1.165, 1.54) is 25.1 Å². The summed E-state index contributed by atoms with van der Waals surface area (Å²) in [5.74, 6) is -0.356. The first-order valence-electron chi connectivity index (χ1n) is 6.69. The van der Waals surface area contributed by atoms with Gasteiger partial charge < -0.3 is 9.87 Å². The second kappa shape index (κ2) is 7.19. The van der Waals surface area contributed by atoms with Crippen LogP contribution in [0.3, 0.4) is 0 Å². The van der Waals surface area contributed by atoms with Crippen molar-refractivity contribution in [3.8, 4) is 0 Å². The molecule has 7 heteroatoms. The standard InChI is InChI=1S/C15H20F2N2O2S/c1-9(19-22(21)15(3,4)5)11-6-12(14(16)17)8-13(7-11)18-10(2)20/h6-8,14H,1-5H3,(H,18,20)/b19-9-. The van der Waals surface area contributed by atoms with Crippen molar-refractivity contribution in [3.05, 3.63) is 29.3 Å². The zero-order valence-electron chi connectivity index (χ0n) is 13.2. The molecule has 22 heavy (non-hydrogen) atoms. The maximum absolute atomic E-state index is 13.0. The van der Waals surface area contributed by atoms with Gasteiger partial charge in [0.2, 0.25) is 5.91 Å². The minimum Gasteiger partial charge on any atom is -0.591 e. The van der Waals surface area contributed by atoms with E-state index in [1.807, 2.05) is 0 Å². The van der Waals surface area contributed by atoms with Crippen molar-refractivity contribution in [2.24, 2.45) is 4.40 Å². The lowest BCUT2D eigenvalue weighted by Crippen LogP contribution is -2.26. The summed E-state index contributed by atoms with van der Waals surface area (Å²) < 4.78 is 41.5. The third-order valence-electron chi connectivity index (χ3n) is 2.69. The number of rotatable bonds is 4. The van der Waals surface area contributed by atoms with E-state index in [9.17, 15) is 18.1 Å². The maximum atomic E-state index is 13.0. The molecule has 122 valence electrons. The van der Waals surface area contributed by atoms with Gasteiger partial charge >= 0.3 is 0 Å². The van der Waals surface area contributed by atoms with E-state index in [4.69, 9.17) is 0 Å². The van der Waals surface area contributed by atoms with Gasteiger partial charge in [-0.1, -0.05) is 4.40 Å². The van der Waals surface area contributed by atoms with Gasteiger partial charge in [0.1, 0.15) is 16.1 Å². The highest BCUT2D eigenvalue weighted by Crippen LogP contribution is 2.25. The molecule has 1 N–H and O–H groups in total. The van der Waals surface area contributed by atoms with Crippen LogP contribution in [-0.4, -0.2) is 20.9 Å². The molecule has 0 saturated carbocycles. The summed E-state index contributed by atoms with van der Waals surface area (Å²) in [6.45, 7) is 8.23. The zero-order chi connectivity index (χ0) is 17.1. The molecule has 0 aliphatic heterocycles. The summed E-state index contributed by atoms with van der Waals surface area (Å²) in [6.07, 6.45) is -2.67. The third-order valence-corrected chi connectivity index (χ3v) is 4.18. The van der Waals surface area contributed by atoms with Crippen molar-refractivity contribution < 1.29 is 18.1 Å². The molecule has 0 radical (unpaired) electrons. The lowest BCUT2D eigenvalue weighted by Gasteiger charge is -2.19. The molecular weight excluding hydrogens is 310 g/mol. The lowest BCUT2D eigenvalue weighted by molar-refractivity contribution is -0.114. The molecule has 0 aliphatic carbocycles. The zero-order valence-corrected chi connectivity index (χ0v) is 14.1. The van der Waals surface area contributed by atoms with E-state index in [0.717, 1.165) is 0 Å². The number of nitrogens with zero attached hydrogens (tertiary/aromatic N) is 1. The van der Waals surface area contributed by atoms with Gasteiger partial charge in [-0.15, -0.1) is 0 Å². The fraction of sp³-hybridized carbons (Fsp3) is 0.467. The highest BCUT2D eigenvalue weighted by Gasteiger charge is 2.27. The fourth-order valence-electron chi connectivity index (χ4n) is 1.58. The molecule has 1 rings (SSSR count). The van der Waals surface area contributed by atoms with Gasteiger partial charge in [-0.25, -0.2) is 8.78 Å². The van der Waals surface area contributed by atoms with Crippen LogP contribution in [0.15, 0.2) is 22.6 Å². The van der Waals surface area contributed by atoms with Crippen LogP contribution in [-0.2, 0) is 16.2 Å². The van der Waals surface area contributed by atoms with Gasteiger partial charge in [0, 0.05) is 23.7 Å². The van der Waals surface area contributed by atoms with Crippen LogP contribution in [0, 0.1) is 0 Å². The number of nitrogens with one attached hydrogen (secondary N) is 1. The summed E-state index contributed by atoms with van der Waals surface area (Å²) in [5, 5.41) is 2.48. The molecule has 0 saturated heterocycles. The van der Waals surface area contributed by atoms with Gasteiger partial charge in [0.05, 0.1) is 5.71 Å². The Morgan fingerprint density at radius 2 is 1.86 bits per heavy atom. The van der Waals surface area contributed by atoms with Crippen LogP contribution >= 0.6 is 0 Å². The van der Waals surface area contributed by atoms with Gasteiger partial charge in [0.25, 0.3) is 6.43 Å². The molecule has 1 unspecified atom stereocenters. The Morgan fingerprint density at radius 3 is 2.32 bits per heavy atom. The molecule has 0 bridgehead atoms. The van der Waals surface area contributed by atoms with E-state index in [-0.39, 0.29) is 17.2 Å². The molecule has 0 heterocycles. The molecule has 4 nitrogen and oxygen atoms in total. The van der Waals surface area contributed by atoms with Crippen LogP contribution in [0.25, 0.3) is 0 Å². The summed E-state index contributed by atoms with van der Waals surface area (Å²) in [5.41, 5.74) is 0.815. The van der Waals surface area contributed by atoms with Crippen LogP contribution in [0.2, 0.25) is 0 Å². The average molecular weight is 330 g/mol. The fourth-order valence-corrected chi connectivity index (χ4v) is 2.20. The molecule has 0 fully saturated rings. The number of alkyl halides is 2. The summed E-state index contributed by atoms with van der Waals surface area (Å²) in [4.78, 5) is 11.1. The smallest absolute Gasteiger partial charge is 0.263 e. The molecule has 1 amide bonds. The van der Waals surface area contributed by atoms with Gasteiger partial charge in [-0.2, -0.15) is 0 Å². The first-order chi connectivity index (χ1) is 10.0. The molecule has 1 atom stereocenters. The number of benzene rings is 1. The number of carbonyl (C=O) groups is 1. The molecule has 0 aromatic heterocycles. The largest absolute Gasteiger partial charge is 0.591 e. The van der Waals surface area contributed by atoms with Crippen molar-refractivity contribution in [2.45, 2.75) is 45.8 Å². The number of halogens is 2. The van der Waals surface area contributed by atoms with Crippen molar-refractivity contribution in [1.82, 2.24) is 0 Å². The van der Waals surface area contributed by atoms with Crippen LogP contribution in [0.1, 0.15) is 52.2 Å². The summed E-state index contributed by atoms with van der Waals surface area (Å²) >= 11 is -1.49. The normalized spacial score (nSPS) is 14.1. The van der Waals surface area contributed by atoms with E-state index < -0.39 is 22.5 Å². The Labute approximate surface area is 132 Å². The molecule has 1 aromatic carbocycles. The Bertz CT molecular complexity index is 583. The second-order valence-electron chi connectivity index (χ2n) is 5.86. The van der Waals surface area contributed by atoms with E-state index >= 15 is 0 Å². The monoisotopic (exact) mass is 330 g/mol. The van der Waals surface area contributed by atoms with Crippen molar-refractivity contribution in [1.29, 1.82) is 0 Å². The number of hydrogen-bond donors (Lipinski definition) is 1. The summed E-state index contributed by atoms with van der Waals surface area (Å²) in [6, 6.07) is 4.03. The van der Waals surface area contributed by atoms with Gasteiger partial charge in [0.15, 0.2) is 0 Å². The Balaban J connectivity index is 3.24. The highest BCUT2D eigenvalue weighted by molar-refractivity contribution is 7.91. The number of hydrogen-bond acceptors (Lipinski definition) is 3. The highest BCUT2D eigenvalue weighted by atomic mass is 32.2. The van der Waals surface area contributed by atoms with E-state index in [2.05, 4.69) is 9.71 Å². The molecular formula is C15H20F2N2O2S. The van der Waals surface area contributed by atoms with E-state index in [0.29, 0.717) is 11.3 Å². The number of amides is 1. The van der Waals surface area contributed by atoms with Crippen molar-refractivity contribution in [3.63, 3.8) is 0 Å². The predicted molar refractivity (Wildman–Crippen MR) is 85.8 cm³/mol. The minimum absolute atomic E-state index is 0.225. The van der Waals surface area contributed by atoms with E-state index in [1.54, 1.807) is 27.7 Å². The number of carbonyl (C=O) groups excluding carboxylic acids is 1. The van der Waals surface area contributed by atoms with Crippen molar-refractivity contribution >= 4 is 28.7 Å². The third kappa shape index (κ3) is 5.38. The van der Waals surface area contributed by atoms with Crippen molar-refractivity contribution in [2.75, 3.05) is 5.32 Å². The van der Waals surface area contributed by atoms with Gasteiger partial charge in [-0.3, -0.25) is 4.79 Å². The first-order valence-corrected chi connectivity index (χ1v) is 7.79.